The number of para-hydroxylation sites is 1. The summed E-state index contributed by atoms with van der Waals surface area (Å²) in [5.74, 6) is 0. The van der Waals surface area contributed by atoms with Crippen LogP contribution in [0.25, 0.3) is 82.4 Å². The lowest BCUT2D eigenvalue weighted by Crippen LogP contribution is -2.10. The van der Waals surface area contributed by atoms with Gasteiger partial charge in [0.2, 0.25) is 0 Å². The standard InChI is InChI=1S/C56H38N2/c1-2-13-39(14-3-1)41-29-32-48(33-30-41)57(50-22-11-20-46(37-50)47-28-27-40-15-4-5-17-43(40)35-47)49-21-10-18-44(36-49)45-19-12-23-51(38-45)58-54-26-9-8-25-53(54)56-52-24-7-6-16-42(52)31-34-55(56)58/h1-38H. The van der Waals surface area contributed by atoms with Gasteiger partial charge in [0.25, 0.3) is 0 Å². The normalized spacial score (nSPS) is 11.4. The molecule has 272 valence electrons. The highest BCUT2D eigenvalue weighted by molar-refractivity contribution is 6.21. The summed E-state index contributed by atoms with van der Waals surface area (Å²) in [6.45, 7) is 0. The molecular formula is C56H38N2. The number of rotatable bonds is 7. The van der Waals surface area contributed by atoms with Gasteiger partial charge in [-0.1, -0.05) is 164 Å². The molecule has 0 saturated heterocycles. The molecule has 2 nitrogen and oxygen atoms in total. The van der Waals surface area contributed by atoms with E-state index >= 15 is 0 Å². The zero-order chi connectivity index (χ0) is 38.4. The summed E-state index contributed by atoms with van der Waals surface area (Å²) in [4.78, 5) is 2.38. The zero-order valence-electron chi connectivity index (χ0n) is 31.8. The van der Waals surface area contributed by atoms with Gasteiger partial charge in [0.1, 0.15) is 0 Å². The third-order valence-electron chi connectivity index (χ3n) is 11.5. The minimum atomic E-state index is 1.09. The van der Waals surface area contributed by atoms with E-state index < -0.39 is 0 Å². The fourth-order valence-electron chi connectivity index (χ4n) is 8.74. The van der Waals surface area contributed by atoms with Crippen molar-refractivity contribution in [2.75, 3.05) is 4.90 Å². The lowest BCUT2D eigenvalue weighted by Gasteiger charge is -2.27. The molecule has 10 aromatic carbocycles. The second-order valence-electron chi connectivity index (χ2n) is 15.0. The average molecular weight is 739 g/mol. The number of hydrogen-bond acceptors (Lipinski definition) is 1. The Kier molecular flexibility index (Phi) is 8.19. The lowest BCUT2D eigenvalue weighted by molar-refractivity contribution is 1.18. The molecule has 0 fully saturated rings. The first-order valence-electron chi connectivity index (χ1n) is 19.9. The largest absolute Gasteiger partial charge is 0.310 e. The Balaban J connectivity index is 1.03. The van der Waals surface area contributed by atoms with Crippen molar-refractivity contribution in [2.45, 2.75) is 0 Å². The molecule has 0 N–H and O–H groups in total. The molecule has 0 radical (unpaired) electrons. The Morgan fingerprint density at radius 2 is 0.810 bits per heavy atom. The van der Waals surface area contributed by atoms with Crippen molar-refractivity contribution in [1.82, 2.24) is 4.57 Å². The molecule has 0 aliphatic rings. The number of aromatic nitrogens is 1. The SMILES string of the molecule is c1ccc(-c2ccc(N(c3cccc(-c4cccc(-n5c6ccccc6c6c7ccccc7ccc65)c4)c3)c3cccc(-c4ccc5ccccc5c4)c3)cc2)cc1. The van der Waals surface area contributed by atoms with Crippen molar-refractivity contribution >= 4 is 60.4 Å². The van der Waals surface area contributed by atoms with E-state index in [1.54, 1.807) is 0 Å². The molecule has 58 heavy (non-hydrogen) atoms. The molecule has 0 amide bonds. The number of nitrogens with zero attached hydrogens (tertiary/aromatic N) is 2. The van der Waals surface area contributed by atoms with Crippen LogP contribution in [0.15, 0.2) is 231 Å². The Labute approximate surface area is 338 Å². The van der Waals surface area contributed by atoms with Crippen LogP contribution in [0.3, 0.4) is 0 Å². The average Bonchev–Trinajstić information content (AvgIpc) is 3.65. The molecule has 0 bridgehead atoms. The summed E-state index contributed by atoms with van der Waals surface area (Å²) in [5, 5.41) is 7.58. The van der Waals surface area contributed by atoms with Crippen LogP contribution in [0.4, 0.5) is 17.1 Å². The van der Waals surface area contributed by atoms with Gasteiger partial charge in [-0.2, -0.15) is 0 Å². The van der Waals surface area contributed by atoms with E-state index in [1.165, 1.54) is 65.6 Å². The van der Waals surface area contributed by atoms with Crippen molar-refractivity contribution < 1.29 is 0 Å². The Bertz CT molecular complexity index is 3280. The van der Waals surface area contributed by atoms with Gasteiger partial charge in [-0.05, 0) is 122 Å². The summed E-state index contributed by atoms with van der Waals surface area (Å²) in [7, 11) is 0. The van der Waals surface area contributed by atoms with Gasteiger partial charge >= 0.3 is 0 Å². The predicted octanol–water partition coefficient (Wildman–Crippen LogP) is 15.6. The van der Waals surface area contributed by atoms with Gasteiger partial charge in [0.05, 0.1) is 11.0 Å². The van der Waals surface area contributed by atoms with Crippen LogP contribution in [0.1, 0.15) is 0 Å². The Morgan fingerprint density at radius 3 is 1.57 bits per heavy atom. The number of fused-ring (bicyclic) bond motifs is 6. The van der Waals surface area contributed by atoms with Gasteiger partial charge in [-0.15, -0.1) is 0 Å². The van der Waals surface area contributed by atoms with Crippen LogP contribution in [-0.4, -0.2) is 4.57 Å². The highest BCUT2D eigenvalue weighted by Crippen LogP contribution is 2.41. The molecule has 0 aliphatic heterocycles. The molecule has 0 atom stereocenters. The van der Waals surface area contributed by atoms with E-state index in [9.17, 15) is 0 Å². The van der Waals surface area contributed by atoms with Gasteiger partial charge < -0.3 is 9.47 Å². The van der Waals surface area contributed by atoms with Crippen LogP contribution in [0.2, 0.25) is 0 Å². The van der Waals surface area contributed by atoms with Crippen molar-refractivity contribution in [3.05, 3.63) is 231 Å². The molecule has 11 rings (SSSR count). The smallest absolute Gasteiger partial charge is 0.0547 e. The number of hydrogen-bond donors (Lipinski definition) is 0. The summed E-state index contributed by atoms with van der Waals surface area (Å²) >= 11 is 0. The fourth-order valence-corrected chi connectivity index (χ4v) is 8.74. The zero-order valence-corrected chi connectivity index (χ0v) is 31.8. The van der Waals surface area contributed by atoms with E-state index in [4.69, 9.17) is 0 Å². The maximum absolute atomic E-state index is 2.42. The second-order valence-corrected chi connectivity index (χ2v) is 15.0. The van der Waals surface area contributed by atoms with E-state index in [2.05, 4.69) is 240 Å². The summed E-state index contributed by atoms with van der Waals surface area (Å²) in [6.07, 6.45) is 0. The first-order chi connectivity index (χ1) is 28.7. The summed E-state index contributed by atoms with van der Waals surface area (Å²) in [6, 6.07) is 83.7. The maximum Gasteiger partial charge on any atom is 0.0547 e. The van der Waals surface area contributed by atoms with Crippen molar-refractivity contribution in [1.29, 1.82) is 0 Å². The van der Waals surface area contributed by atoms with Crippen molar-refractivity contribution in [3.8, 4) is 39.1 Å². The molecule has 0 unspecified atom stereocenters. The van der Waals surface area contributed by atoms with Gasteiger partial charge in [-0.25, -0.2) is 0 Å². The fraction of sp³-hybridized carbons (Fsp3) is 0. The number of benzene rings is 10. The quantitative estimate of drug-likeness (QED) is 0.158. The van der Waals surface area contributed by atoms with Crippen LogP contribution in [0, 0.1) is 0 Å². The summed E-state index contributed by atoms with van der Waals surface area (Å²) < 4.78 is 2.42. The van der Waals surface area contributed by atoms with Gasteiger partial charge in [0.15, 0.2) is 0 Å². The molecular weight excluding hydrogens is 701 g/mol. The summed E-state index contributed by atoms with van der Waals surface area (Å²) in [5.41, 5.74) is 13.9. The third kappa shape index (κ3) is 5.91. The molecule has 1 heterocycles. The predicted molar refractivity (Wildman–Crippen MR) is 247 cm³/mol. The number of anilines is 3. The highest BCUT2D eigenvalue weighted by atomic mass is 15.1. The molecule has 11 aromatic rings. The Hall–Kier alpha value is -7.68. The molecule has 0 saturated carbocycles. The van der Waals surface area contributed by atoms with E-state index in [0.717, 1.165) is 33.9 Å². The van der Waals surface area contributed by atoms with Gasteiger partial charge in [-0.3, -0.25) is 0 Å². The Morgan fingerprint density at radius 1 is 0.276 bits per heavy atom. The van der Waals surface area contributed by atoms with Crippen LogP contribution < -0.4 is 4.90 Å². The maximum atomic E-state index is 2.42. The minimum absolute atomic E-state index is 1.09. The van der Waals surface area contributed by atoms with Crippen molar-refractivity contribution in [3.63, 3.8) is 0 Å². The third-order valence-corrected chi connectivity index (χ3v) is 11.5. The van der Waals surface area contributed by atoms with Gasteiger partial charge in [0, 0.05) is 33.5 Å². The minimum Gasteiger partial charge on any atom is -0.310 e. The first kappa shape index (κ1) is 33.6. The van der Waals surface area contributed by atoms with E-state index in [1.807, 2.05) is 0 Å². The molecule has 0 aliphatic carbocycles. The van der Waals surface area contributed by atoms with E-state index in [-0.39, 0.29) is 0 Å². The lowest BCUT2D eigenvalue weighted by atomic mass is 10.00. The van der Waals surface area contributed by atoms with Crippen LogP contribution >= 0.6 is 0 Å². The van der Waals surface area contributed by atoms with E-state index in [0.29, 0.717) is 0 Å². The van der Waals surface area contributed by atoms with Crippen molar-refractivity contribution in [2.24, 2.45) is 0 Å². The molecule has 0 spiro atoms. The molecule has 1 aromatic heterocycles. The second kappa shape index (κ2) is 14.1. The topological polar surface area (TPSA) is 8.17 Å². The van der Waals surface area contributed by atoms with Crippen LogP contribution in [-0.2, 0) is 0 Å². The first-order valence-corrected chi connectivity index (χ1v) is 19.9. The highest BCUT2D eigenvalue weighted by Gasteiger charge is 2.17. The molecule has 2 heteroatoms. The van der Waals surface area contributed by atoms with Crippen LogP contribution in [0.5, 0.6) is 0 Å². The monoisotopic (exact) mass is 738 g/mol.